The number of furan rings is 4. The molecule has 12 heteroatoms. The molecule has 0 unspecified atom stereocenters. The van der Waals surface area contributed by atoms with Crippen LogP contribution in [0.2, 0.25) is 0 Å². The molecule has 10 heterocycles. The number of para-hydroxylation sites is 9. The Morgan fingerprint density at radius 2 is 0.500 bits per heavy atom. The molecule has 0 fully saturated rings. The van der Waals surface area contributed by atoms with Crippen molar-refractivity contribution in [2.75, 3.05) is 0 Å². The van der Waals surface area contributed by atoms with Gasteiger partial charge in [0.1, 0.15) is 44.7 Å². The van der Waals surface area contributed by atoms with E-state index in [1.54, 1.807) is 0 Å². The van der Waals surface area contributed by atoms with Gasteiger partial charge < -0.3 is 31.4 Å². The van der Waals surface area contributed by atoms with Crippen LogP contribution in [0.3, 0.4) is 0 Å². The van der Waals surface area contributed by atoms with Crippen LogP contribution in [0.4, 0.5) is 0 Å². The van der Waals surface area contributed by atoms with Gasteiger partial charge in [-0.15, -0.1) is 0 Å². The number of hydrogen-bond acceptors (Lipinski definition) is 8. The fraction of sp³-hybridized carbons (Fsp3) is 0. The number of fused-ring (bicyclic) bond motifs is 27. The van der Waals surface area contributed by atoms with Crippen LogP contribution in [-0.4, -0.2) is 38.2 Å². The Bertz CT molecular complexity index is 8770. The van der Waals surface area contributed by atoms with Crippen LogP contribution in [0.25, 0.3) is 254 Å². The topological polar surface area (TPSA) is 124 Å². The van der Waals surface area contributed by atoms with E-state index in [4.69, 9.17) is 37.6 Å². The fourth-order valence-corrected chi connectivity index (χ4v) is 19.1. The average Bonchev–Trinajstić information content (AvgIpc) is 1.55. The number of benzene rings is 17. The largest absolute Gasteiger partial charge is 0.456 e. The molecule has 27 aromatic rings. The van der Waals surface area contributed by atoms with Crippen LogP contribution in [0, 0.1) is 0 Å². The molecule has 0 aliphatic rings. The van der Waals surface area contributed by atoms with E-state index in [0.717, 1.165) is 193 Å². The zero-order valence-electron chi connectivity index (χ0n) is 64.0. The van der Waals surface area contributed by atoms with Gasteiger partial charge in [-0.3, -0.25) is 4.57 Å². The Balaban J connectivity index is 0.000000130. The summed E-state index contributed by atoms with van der Waals surface area (Å²) in [7, 11) is 0. The summed E-state index contributed by atoms with van der Waals surface area (Å²) in [6, 6.07) is 132. The van der Waals surface area contributed by atoms with Crippen molar-refractivity contribution in [3.8, 4) is 68.3 Å². The fourth-order valence-electron chi connectivity index (χ4n) is 19.1. The van der Waals surface area contributed by atoms with Crippen molar-refractivity contribution in [1.29, 1.82) is 0 Å². The Kier molecular flexibility index (Phi) is 14.0. The van der Waals surface area contributed by atoms with Gasteiger partial charge in [0.2, 0.25) is 5.95 Å². The molecule has 0 saturated carbocycles. The molecule has 0 amide bonds. The van der Waals surface area contributed by atoms with E-state index in [1.165, 1.54) is 43.2 Å². The first-order valence-corrected chi connectivity index (χ1v) is 40.4. The first-order chi connectivity index (χ1) is 59.5. The number of nitrogens with zero attached hydrogens (tertiary/aromatic N) is 8. The molecule has 17 aromatic carbocycles. The molecule has 0 spiro atoms. The van der Waals surface area contributed by atoms with Crippen molar-refractivity contribution in [2.45, 2.75) is 0 Å². The van der Waals surface area contributed by atoms with Crippen LogP contribution in [0.5, 0.6) is 0 Å². The zero-order chi connectivity index (χ0) is 78.4. The monoisotopic (exact) mass is 1530 g/mol. The first kappa shape index (κ1) is 65.9. The Labute approximate surface area is 681 Å². The van der Waals surface area contributed by atoms with E-state index in [9.17, 15) is 0 Å². The molecule has 12 nitrogen and oxygen atoms in total. The summed E-state index contributed by atoms with van der Waals surface area (Å²) in [5, 5.41) is 20.2. The lowest BCUT2D eigenvalue weighted by Gasteiger charge is -2.16. The van der Waals surface area contributed by atoms with Gasteiger partial charge >= 0.3 is 0 Å². The van der Waals surface area contributed by atoms with E-state index in [1.807, 2.05) is 84.9 Å². The maximum Gasteiger partial charge on any atom is 0.238 e. The molecule has 0 N–H and O–H groups in total. The Morgan fingerprint density at radius 1 is 0.183 bits per heavy atom. The van der Waals surface area contributed by atoms with Gasteiger partial charge in [0, 0.05) is 120 Å². The van der Waals surface area contributed by atoms with Crippen molar-refractivity contribution in [1.82, 2.24) is 38.2 Å². The van der Waals surface area contributed by atoms with Gasteiger partial charge in [0.25, 0.3) is 0 Å². The maximum absolute atomic E-state index is 6.29. The van der Waals surface area contributed by atoms with Gasteiger partial charge in [-0.05, 0) is 157 Å². The molecule has 27 rings (SSSR count). The van der Waals surface area contributed by atoms with E-state index >= 15 is 0 Å². The van der Waals surface area contributed by atoms with Crippen LogP contribution >= 0.6 is 0 Å². The van der Waals surface area contributed by atoms with E-state index in [2.05, 4.69) is 309 Å². The van der Waals surface area contributed by atoms with Crippen molar-refractivity contribution in [2.24, 2.45) is 0 Å². The third kappa shape index (κ3) is 9.87. The second kappa shape index (κ2) is 25.5. The molecule has 0 aliphatic carbocycles. The quantitative estimate of drug-likeness (QED) is 0.147. The maximum atomic E-state index is 6.29. The molecule has 0 saturated heterocycles. The van der Waals surface area contributed by atoms with Crippen molar-refractivity contribution in [3.63, 3.8) is 0 Å². The van der Waals surface area contributed by atoms with Gasteiger partial charge in [0.15, 0.2) is 11.6 Å². The number of aromatic nitrogens is 8. The molecule has 0 aliphatic heterocycles. The summed E-state index contributed by atoms with van der Waals surface area (Å²) in [6.07, 6.45) is 0. The Hall–Kier alpha value is -16.4. The summed E-state index contributed by atoms with van der Waals surface area (Å²) in [5.41, 5.74) is 24.4. The highest BCUT2D eigenvalue weighted by atomic mass is 16.3. The third-order valence-corrected chi connectivity index (χ3v) is 24.5. The minimum Gasteiger partial charge on any atom is -0.456 e. The molecule has 120 heavy (non-hydrogen) atoms. The molecular formula is C108H62N8O4. The lowest BCUT2D eigenvalue weighted by Crippen LogP contribution is -2.07. The highest BCUT2D eigenvalue weighted by molar-refractivity contribution is 6.26. The average molecular weight is 1540 g/mol. The van der Waals surface area contributed by atoms with Crippen LogP contribution < -0.4 is 0 Å². The first-order valence-electron chi connectivity index (χ1n) is 40.4. The van der Waals surface area contributed by atoms with Crippen molar-refractivity contribution >= 4 is 186 Å². The summed E-state index contributed by atoms with van der Waals surface area (Å²) in [6.45, 7) is 0. The minimum absolute atomic E-state index is 0.526. The number of rotatable bonds is 8. The van der Waals surface area contributed by atoms with Gasteiger partial charge in [0.05, 0.1) is 66.9 Å². The standard InChI is InChI=1S/C57H33N3O2.C51H29N5O2/c1-2-14-38-34(12-1)13-11-21-49(38)60-51-20-8-4-16-40(51)44-27-26-43-39-15-3-7-19-50(39)59(56(43)57(44)60)37-32-47(35-24-28-54-45(30-35)41-17-5-9-22-52(41)61-54)58-48(33-37)36-25-29-55-46(31-36)42-18-6-10-23-53(42)62-55;1-2-12-32(13-3-1)55-41-18-8-4-14-33(41)37-24-25-38-34-15-5-9-19-42(34)56(48(38)47(37)55)51-53-49(30-22-26-45-39(28-30)35-16-6-10-20-43(35)57-45)52-50(54-51)31-23-27-46-40(29-31)36-17-7-11-21-44(36)58-46/h1-33H;1-29H. The second-order valence-corrected chi connectivity index (χ2v) is 31.1. The summed E-state index contributed by atoms with van der Waals surface area (Å²) >= 11 is 0. The molecule has 0 radical (unpaired) electrons. The van der Waals surface area contributed by atoms with Gasteiger partial charge in [-0.1, -0.05) is 224 Å². The number of hydrogen-bond donors (Lipinski definition) is 0. The van der Waals surface area contributed by atoms with Crippen molar-refractivity contribution < 1.29 is 17.7 Å². The summed E-state index contributed by atoms with van der Waals surface area (Å²) < 4.78 is 34.6. The van der Waals surface area contributed by atoms with E-state index < -0.39 is 0 Å². The van der Waals surface area contributed by atoms with Gasteiger partial charge in [-0.25, -0.2) is 9.97 Å². The van der Waals surface area contributed by atoms with E-state index in [0.29, 0.717) is 17.6 Å². The smallest absolute Gasteiger partial charge is 0.238 e. The molecule has 10 aromatic heterocycles. The molecule has 558 valence electrons. The predicted molar refractivity (Wildman–Crippen MR) is 490 cm³/mol. The minimum atomic E-state index is 0.526. The lowest BCUT2D eigenvalue weighted by atomic mass is 10.0. The summed E-state index contributed by atoms with van der Waals surface area (Å²) in [5.74, 6) is 1.65. The van der Waals surface area contributed by atoms with Crippen LogP contribution in [0.1, 0.15) is 0 Å². The highest BCUT2D eigenvalue weighted by Crippen LogP contribution is 2.47. The summed E-state index contributed by atoms with van der Waals surface area (Å²) in [4.78, 5) is 21.5. The van der Waals surface area contributed by atoms with Crippen LogP contribution in [-0.2, 0) is 0 Å². The van der Waals surface area contributed by atoms with E-state index in [-0.39, 0.29) is 0 Å². The SMILES string of the molecule is c1ccc(-n2c3ccccc3c3ccc4c5ccccc5n(-c5nc(-c6ccc7oc8ccccc8c7c6)nc(-c6ccc7oc8ccccc8c7c6)n5)c4c32)cc1.c1ccc2c(-n3c4ccccc4c4ccc5c6ccccc6n(-c6cc(-c7ccc8oc9ccccc9c8c7)nc(-c7ccc8oc9ccccc9c8c7)c6)c5c43)cccc2c1. The molecule has 0 atom stereocenters. The predicted octanol–water partition coefficient (Wildman–Crippen LogP) is 28.8. The lowest BCUT2D eigenvalue weighted by molar-refractivity contribution is 0.668. The van der Waals surface area contributed by atoms with Gasteiger partial charge in [-0.2, -0.15) is 9.97 Å². The normalized spacial score (nSPS) is 12.2. The third-order valence-electron chi connectivity index (χ3n) is 24.5. The highest BCUT2D eigenvalue weighted by Gasteiger charge is 2.28. The molecule has 0 bridgehead atoms. The van der Waals surface area contributed by atoms with Crippen molar-refractivity contribution in [3.05, 3.63) is 376 Å². The Morgan fingerprint density at radius 3 is 0.942 bits per heavy atom. The van der Waals surface area contributed by atoms with Crippen LogP contribution in [0.15, 0.2) is 394 Å². The second-order valence-electron chi connectivity index (χ2n) is 31.1. The zero-order valence-corrected chi connectivity index (χ0v) is 64.0. The molecular weight excluding hydrogens is 1470 g/mol. The number of pyridine rings is 1.